The van der Waals surface area contributed by atoms with Gasteiger partial charge >= 0.3 is 0 Å². The second-order valence-electron chi connectivity index (χ2n) is 11.4. The van der Waals surface area contributed by atoms with Gasteiger partial charge in [0.2, 0.25) is 11.8 Å². The Balaban J connectivity index is 1.30. The van der Waals surface area contributed by atoms with Gasteiger partial charge in [-0.2, -0.15) is 0 Å². The molecule has 10 rings (SSSR count). The Bertz CT molecular complexity index is 1010. The monoisotopic (exact) mass is 409 g/mol. The highest BCUT2D eigenvalue weighted by molar-refractivity contribution is 6.08. The van der Waals surface area contributed by atoms with Gasteiger partial charge in [-0.15, -0.1) is 0 Å². The molecule has 2 amide bonds. The zero-order valence-corrected chi connectivity index (χ0v) is 17.7. The van der Waals surface area contributed by atoms with E-state index >= 15 is 0 Å². The molecule has 0 radical (unpaired) electrons. The van der Waals surface area contributed by atoms with Crippen LogP contribution in [0.4, 0.5) is 0 Å². The summed E-state index contributed by atoms with van der Waals surface area (Å²) in [7, 11) is 0. The highest BCUT2D eigenvalue weighted by Crippen LogP contribution is 2.64. The summed E-state index contributed by atoms with van der Waals surface area (Å²) in [6.07, 6.45) is 7.15. The molecule has 2 atom stereocenters. The van der Waals surface area contributed by atoms with Crippen molar-refractivity contribution in [2.75, 3.05) is 0 Å². The summed E-state index contributed by atoms with van der Waals surface area (Å²) in [5, 5.41) is 0. The third-order valence-electron chi connectivity index (χ3n) is 9.93. The molecule has 1 heterocycles. The van der Waals surface area contributed by atoms with Gasteiger partial charge in [-0.05, 0) is 78.5 Å². The lowest BCUT2D eigenvalue weighted by atomic mass is 9.52. The zero-order chi connectivity index (χ0) is 20.5. The van der Waals surface area contributed by atoms with Gasteiger partial charge < -0.3 is 0 Å². The number of carbonyl (C=O) groups is 2. The van der Waals surface area contributed by atoms with E-state index in [2.05, 4.69) is 48.5 Å². The Morgan fingerprint density at radius 3 is 1.32 bits per heavy atom. The van der Waals surface area contributed by atoms with Crippen molar-refractivity contribution in [3.05, 3.63) is 70.8 Å². The first-order chi connectivity index (χ1) is 15.1. The molecular formula is C28H27NO2. The molecule has 156 valence electrons. The smallest absolute Gasteiger partial charge is 0.234 e. The highest BCUT2D eigenvalue weighted by Gasteiger charge is 2.66. The molecule has 7 aliphatic carbocycles. The fraction of sp³-hybridized carbons (Fsp3) is 0.500. The number of amides is 2. The fourth-order valence-electron chi connectivity index (χ4n) is 9.48. The Labute approximate surface area is 182 Å². The largest absolute Gasteiger partial charge is 0.276 e. The Kier molecular flexibility index (Phi) is 3.04. The molecule has 31 heavy (non-hydrogen) atoms. The maximum atomic E-state index is 14.2. The van der Waals surface area contributed by atoms with E-state index in [-0.39, 0.29) is 41.0 Å². The van der Waals surface area contributed by atoms with Crippen molar-refractivity contribution in [1.29, 1.82) is 0 Å². The molecule has 0 N–H and O–H groups in total. The minimum Gasteiger partial charge on any atom is -0.276 e. The molecule has 2 aromatic carbocycles. The third-order valence-corrected chi connectivity index (χ3v) is 9.93. The molecule has 0 spiro atoms. The number of carbonyl (C=O) groups excluding carboxylic acids is 2. The van der Waals surface area contributed by atoms with Crippen LogP contribution in [0.1, 0.15) is 72.6 Å². The summed E-state index contributed by atoms with van der Waals surface area (Å²) in [4.78, 5) is 30.2. The Hall–Kier alpha value is -2.42. The van der Waals surface area contributed by atoms with Gasteiger partial charge in [0.25, 0.3) is 0 Å². The zero-order valence-electron chi connectivity index (χ0n) is 17.7. The third kappa shape index (κ3) is 1.93. The predicted octanol–water partition coefficient (Wildman–Crippen LogP) is 4.85. The first-order valence-electron chi connectivity index (χ1n) is 12.2. The highest BCUT2D eigenvalue weighted by atomic mass is 16.2. The minimum atomic E-state index is -0.213. The van der Waals surface area contributed by atoms with E-state index in [0.29, 0.717) is 0 Å². The van der Waals surface area contributed by atoms with Gasteiger partial charge in [0.05, 0.1) is 17.4 Å². The van der Waals surface area contributed by atoms with Gasteiger partial charge in [0.1, 0.15) is 0 Å². The molecule has 0 unspecified atom stereocenters. The quantitative estimate of drug-likeness (QED) is 0.632. The fourth-order valence-corrected chi connectivity index (χ4v) is 9.48. The van der Waals surface area contributed by atoms with E-state index in [1.165, 1.54) is 41.5 Å². The van der Waals surface area contributed by atoms with Crippen LogP contribution < -0.4 is 0 Å². The molecule has 2 aromatic rings. The van der Waals surface area contributed by atoms with Gasteiger partial charge in [0.15, 0.2) is 0 Å². The van der Waals surface area contributed by atoms with Crippen molar-refractivity contribution in [3.8, 4) is 0 Å². The van der Waals surface area contributed by atoms with Gasteiger partial charge in [-0.3, -0.25) is 14.5 Å². The molecule has 8 aliphatic rings. The SMILES string of the molecule is O=C1[C@@H]2C3c4ccccc4C(c4ccccc43)[C@H]2C(=O)N1C12CC3CC(CC(C3)C1)C2. The summed E-state index contributed by atoms with van der Waals surface area (Å²) in [6, 6.07) is 17.2. The van der Waals surface area contributed by atoms with Gasteiger partial charge in [-0.1, -0.05) is 48.5 Å². The summed E-state index contributed by atoms with van der Waals surface area (Å²) >= 11 is 0. The summed E-state index contributed by atoms with van der Waals surface area (Å²) < 4.78 is 0. The van der Waals surface area contributed by atoms with Crippen LogP contribution in [0.3, 0.4) is 0 Å². The lowest BCUT2D eigenvalue weighted by Gasteiger charge is -2.59. The van der Waals surface area contributed by atoms with Crippen LogP contribution in [-0.2, 0) is 9.59 Å². The number of hydrogen-bond donors (Lipinski definition) is 0. The van der Waals surface area contributed by atoms with Crippen molar-refractivity contribution in [3.63, 3.8) is 0 Å². The van der Waals surface area contributed by atoms with Crippen LogP contribution >= 0.6 is 0 Å². The summed E-state index contributed by atoms with van der Waals surface area (Å²) in [5.41, 5.74) is 4.93. The second-order valence-corrected chi connectivity index (χ2v) is 11.4. The molecule has 5 fully saturated rings. The Morgan fingerprint density at radius 1 is 0.613 bits per heavy atom. The molecule has 3 heteroatoms. The maximum absolute atomic E-state index is 14.2. The maximum Gasteiger partial charge on any atom is 0.234 e. The minimum absolute atomic E-state index is 0.0257. The summed E-state index contributed by atoms with van der Waals surface area (Å²) in [6.45, 7) is 0. The molecule has 1 aliphatic heterocycles. The topological polar surface area (TPSA) is 37.4 Å². The number of likely N-dealkylation sites (tertiary alicyclic amines) is 1. The van der Waals surface area contributed by atoms with Crippen molar-refractivity contribution in [2.45, 2.75) is 55.9 Å². The second kappa shape index (κ2) is 5.49. The van der Waals surface area contributed by atoms with Crippen molar-refractivity contribution < 1.29 is 9.59 Å². The molecule has 6 bridgehead atoms. The van der Waals surface area contributed by atoms with E-state index in [4.69, 9.17) is 0 Å². The lowest BCUT2D eigenvalue weighted by molar-refractivity contribution is -0.159. The van der Waals surface area contributed by atoms with Crippen LogP contribution in [0.2, 0.25) is 0 Å². The summed E-state index contributed by atoms with van der Waals surface area (Å²) in [5.74, 6) is 2.09. The molecular weight excluding hydrogens is 382 g/mol. The first kappa shape index (κ1) is 17.2. The number of benzene rings is 2. The van der Waals surface area contributed by atoms with Crippen LogP contribution in [0.25, 0.3) is 0 Å². The van der Waals surface area contributed by atoms with Crippen LogP contribution in [0, 0.1) is 29.6 Å². The molecule has 1 saturated heterocycles. The Morgan fingerprint density at radius 2 is 0.968 bits per heavy atom. The number of rotatable bonds is 1. The standard InChI is InChI=1S/C28H27NO2/c30-26-24-22-18-5-1-2-6-19(18)23(21-8-4-3-7-20(21)22)25(24)27(31)29(26)28-12-15-9-16(13-28)11-17(10-15)14-28/h1-8,15-17,22-25H,9-14H2/t15?,16?,17?,22?,23?,24-,25-,28?/m1/s1. The van der Waals surface area contributed by atoms with Crippen molar-refractivity contribution in [2.24, 2.45) is 29.6 Å². The molecule has 4 saturated carbocycles. The molecule has 3 nitrogen and oxygen atoms in total. The van der Waals surface area contributed by atoms with Crippen LogP contribution in [-0.4, -0.2) is 22.3 Å². The first-order valence-corrected chi connectivity index (χ1v) is 12.2. The van der Waals surface area contributed by atoms with E-state index in [0.717, 1.165) is 37.0 Å². The van der Waals surface area contributed by atoms with E-state index in [9.17, 15) is 9.59 Å². The van der Waals surface area contributed by atoms with E-state index < -0.39 is 0 Å². The van der Waals surface area contributed by atoms with Crippen LogP contribution in [0.5, 0.6) is 0 Å². The van der Waals surface area contributed by atoms with Crippen molar-refractivity contribution >= 4 is 11.8 Å². The van der Waals surface area contributed by atoms with E-state index in [1.807, 2.05) is 4.90 Å². The number of imide groups is 1. The van der Waals surface area contributed by atoms with Gasteiger partial charge in [-0.25, -0.2) is 0 Å². The van der Waals surface area contributed by atoms with E-state index in [1.54, 1.807) is 0 Å². The molecule has 0 aromatic heterocycles. The van der Waals surface area contributed by atoms with Crippen molar-refractivity contribution in [1.82, 2.24) is 4.90 Å². The van der Waals surface area contributed by atoms with Crippen LogP contribution in [0.15, 0.2) is 48.5 Å². The normalized spacial score (nSPS) is 43.2. The predicted molar refractivity (Wildman–Crippen MR) is 116 cm³/mol. The van der Waals surface area contributed by atoms with Gasteiger partial charge in [0, 0.05) is 11.8 Å². The average Bonchev–Trinajstić information content (AvgIpc) is 3.04. The lowest BCUT2D eigenvalue weighted by Crippen LogP contribution is -2.61. The number of hydrogen-bond acceptors (Lipinski definition) is 2. The average molecular weight is 410 g/mol. The number of nitrogens with zero attached hydrogens (tertiary/aromatic N) is 1.